The van der Waals surface area contributed by atoms with E-state index in [1.807, 2.05) is 0 Å². The van der Waals surface area contributed by atoms with E-state index in [1.54, 1.807) is 18.2 Å². The Morgan fingerprint density at radius 2 is 1.94 bits per heavy atom. The quantitative estimate of drug-likeness (QED) is 0.603. The van der Waals surface area contributed by atoms with Crippen LogP contribution in [0.15, 0.2) is 42.5 Å². The second-order valence-electron chi connectivity index (χ2n) is 8.65. The van der Waals surface area contributed by atoms with Gasteiger partial charge >= 0.3 is 0 Å². The normalized spacial score (nSPS) is 19.2. The highest BCUT2D eigenvalue weighted by Crippen LogP contribution is 2.30. The molecule has 10 heteroatoms. The molecular weight excluding hydrogens is 454 g/mol. The Labute approximate surface area is 192 Å². The van der Waals surface area contributed by atoms with E-state index < -0.39 is 51.2 Å². The van der Waals surface area contributed by atoms with Crippen molar-refractivity contribution in [3.8, 4) is 11.1 Å². The Balaban J connectivity index is 1.97. The van der Waals surface area contributed by atoms with Crippen LogP contribution in [0.2, 0.25) is 0 Å². The van der Waals surface area contributed by atoms with E-state index in [9.17, 15) is 22.7 Å². The van der Waals surface area contributed by atoms with Crippen molar-refractivity contribution in [1.82, 2.24) is 9.62 Å². The first-order chi connectivity index (χ1) is 15.4. The second kappa shape index (κ2) is 9.84. The predicted molar refractivity (Wildman–Crippen MR) is 120 cm³/mol. The maximum atomic E-state index is 15.5. The number of ether oxygens (including phenoxy) is 1. The molecule has 180 valence electrons. The lowest BCUT2D eigenvalue weighted by Crippen LogP contribution is -2.53. The third-order valence-corrected chi connectivity index (χ3v) is 6.79. The number of benzene rings is 2. The van der Waals surface area contributed by atoms with E-state index in [4.69, 9.17) is 4.74 Å². The zero-order valence-corrected chi connectivity index (χ0v) is 19.5. The van der Waals surface area contributed by atoms with E-state index in [0.29, 0.717) is 12.0 Å². The Hall–Kier alpha value is -2.40. The van der Waals surface area contributed by atoms with Crippen molar-refractivity contribution in [2.24, 2.45) is 0 Å². The molecule has 1 saturated heterocycles. The van der Waals surface area contributed by atoms with Gasteiger partial charge in [0.25, 0.3) is 5.91 Å². The highest BCUT2D eigenvalue weighted by Gasteiger charge is 2.43. The van der Waals surface area contributed by atoms with E-state index >= 15 is 4.39 Å². The fourth-order valence-corrected chi connectivity index (χ4v) is 5.22. The number of hydrogen-bond acceptors (Lipinski definition) is 5. The number of amides is 1. The summed E-state index contributed by atoms with van der Waals surface area (Å²) in [6.07, 6.45) is 0.289. The summed E-state index contributed by atoms with van der Waals surface area (Å²) in [6, 6.07) is 8.82. The summed E-state index contributed by atoms with van der Waals surface area (Å²) in [5.41, 5.74) is -0.877. The molecule has 33 heavy (non-hydrogen) atoms. The first kappa shape index (κ1) is 25.2. The molecule has 7 nitrogen and oxygen atoms in total. The van der Waals surface area contributed by atoms with Crippen molar-refractivity contribution in [3.05, 3.63) is 59.7 Å². The van der Waals surface area contributed by atoms with Crippen molar-refractivity contribution in [2.75, 3.05) is 19.6 Å². The summed E-state index contributed by atoms with van der Waals surface area (Å²) in [7, 11) is -2.55. The highest BCUT2D eigenvalue weighted by molar-refractivity contribution is 7.89. The SMILES string of the molecule is COCS(=O)(=O)N[C@H]1CCN(C(=O)C(C)(C)O)[C@H]1Cc1cccc(-c2cccc(F)c2)c1F. The fourth-order valence-electron chi connectivity index (χ4n) is 4.11. The maximum Gasteiger partial charge on any atom is 0.254 e. The maximum absolute atomic E-state index is 15.5. The molecule has 0 bridgehead atoms. The van der Waals surface area contributed by atoms with Gasteiger partial charge in [0.1, 0.15) is 17.2 Å². The minimum atomic E-state index is -3.80. The first-order valence-corrected chi connectivity index (χ1v) is 12.1. The standard InChI is InChI=1S/C23H28F2N2O5S/c1-23(2,29)22(28)27-11-10-19(26-33(30,31)14-32-3)20(27)13-16-7-5-9-18(21(16)25)15-6-4-8-17(24)12-15/h4-9,12,19-20,26,29H,10-11,13-14H2,1-3H3/t19-,20-/m0/s1. The molecule has 2 aromatic carbocycles. The number of rotatable bonds is 8. The molecule has 1 amide bonds. The van der Waals surface area contributed by atoms with Crippen LogP contribution in [-0.4, -0.2) is 61.6 Å². The molecule has 2 N–H and O–H groups in total. The van der Waals surface area contributed by atoms with E-state index in [1.165, 1.54) is 50.1 Å². The number of methoxy groups -OCH3 is 1. The number of carbonyl (C=O) groups is 1. The first-order valence-electron chi connectivity index (χ1n) is 10.5. The summed E-state index contributed by atoms with van der Waals surface area (Å²) >= 11 is 0. The topological polar surface area (TPSA) is 95.9 Å². The fraction of sp³-hybridized carbons (Fsp3) is 0.435. The van der Waals surface area contributed by atoms with Gasteiger partial charge in [0.15, 0.2) is 5.94 Å². The summed E-state index contributed by atoms with van der Waals surface area (Å²) < 4.78 is 61.0. The third-order valence-electron chi connectivity index (χ3n) is 5.58. The molecule has 0 unspecified atom stereocenters. The minimum Gasteiger partial charge on any atom is -0.381 e. The molecule has 0 radical (unpaired) electrons. The Bertz CT molecular complexity index is 1120. The molecule has 1 aliphatic heterocycles. The van der Waals surface area contributed by atoms with Gasteiger partial charge in [0, 0.05) is 25.3 Å². The lowest BCUT2D eigenvalue weighted by atomic mass is 9.95. The van der Waals surface area contributed by atoms with Crippen molar-refractivity contribution in [2.45, 2.75) is 44.4 Å². The van der Waals surface area contributed by atoms with E-state index in [0.717, 1.165) is 0 Å². The van der Waals surface area contributed by atoms with Crippen LogP contribution in [0.1, 0.15) is 25.8 Å². The molecular formula is C23H28F2N2O5S. The molecule has 3 rings (SSSR count). The van der Waals surface area contributed by atoms with Crippen LogP contribution >= 0.6 is 0 Å². The van der Waals surface area contributed by atoms with Crippen molar-refractivity contribution < 1.29 is 31.8 Å². The molecule has 2 aromatic rings. The number of nitrogens with one attached hydrogen (secondary N) is 1. The average molecular weight is 483 g/mol. The number of carbonyl (C=O) groups excluding carboxylic acids is 1. The molecule has 0 aromatic heterocycles. The summed E-state index contributed by atoms with van der Waals surface area (Å²) in [5, 5.41) is 10.2. The van der Waals surface area contributed by atoms with Crippen LogP contribution in [0.4, 0.5) is 8.78 Å². The van der Waals surface area contributed by atoms with Crippen LogP contribution < -0.4 is 4.72 Å². The van der Waals surface area contributed by atoms with Crippen LogP contribution in [0.3, 0.4) is 0 Å². The van der Waals surface area contributed by atoms with Crippen LogP contribution in [-0.2, 0) is 26.0 Å². The lowest BCUT2D eigenvalue weighted by molar-refractivity contribution is -0.148. The van der Waals surface area contributed by atoms with Gasteiger partial charge < -0.3 is 14.7 Å². The van der Waals surface area contributed by atoms with Crippen LogP contribution in [0.5, 0.6) is 0 Å². The number of likely N-dealkylation sites (tertiary alicyclic amines) is 1. The summed E-state index contributed by atoms with van der Waals surface area (Å²) in [6.45, 7) is 2.89. The number of nitrogens with zero attached hydrogens (tertiary/aromatic N) is 1. The van der Waals surface area contributed by atoms with Crippen molar-refractivity contribution in [1.29, 1.82) is 0 Å². The van der Waals surface area contributed by atoms with Gasteiger partial charge in [-0.25, -0.2) is 21.9 Å². The Kier molecular flexibility index (Phi) is 7.52. The molecule has 0 aliphatic carbocycles. The summed E-state index contributed by atoms with van der Waals surface area (Å²) in [5.74, 6) is -2.21. The largest absolute Gasteiger partial charge is 0.381 e. The molecule has 1 aliphatic rings. The van der Waals surface area contributed by atoms with E-state index in [2.05, 4.69) is 4.72 Å². The minimum absolute atomic E-state index is 0.00300. The van der Waals surface area contributed by atoms with Crippen molar-refractivity contribution in [3.63, 3.8) is 0 Å². The monoisotopic (exact) mass is 482 g/mol. The Morgan fingerprint density at radius 1 is 1.24 bits per heavy atom. The van der Waals surface area contributed by atoms with Gasteiger partial charge in [-0.2, -0.15) is 0 Å². The molecule has 1 heterocycles. The predicted octanol–water partition coefficient (Wildman–Crippen LogP) is 2.44. The summed E-state index contributed by atoms with van der Waals surface area (Å²) in [4.78, 5) is 14.2. The number of sulfonamides is 1. The van der Waals surface area contributed by atoms with Gasteiger partial charge in [-0.3, -0.25) is 4.79 Å². The lowest BCUT2D eigenvalue weighted by Gasteiger charge is -2.32. The molecule has 2 atom stereocenters. The molecule has 0 saturated carbocycles. The smallest absolute Gasteiger partial charge is 0.254 e. The van der Waals surface area contributed by atoms with Gasteiger partial charge in [-0.05, 0) is 49.9 Å². The van der Waals surface area contributed by atoms with Gasteiger partial charge in [0.2, 0.25) is 10.0 Å². The molecule has 0 spiro atoms. The van der Waals surface area contributed by atoms with Crippen LogP contribution in [0, 0.1) is 11.6 Å². The molecule has 1 fully saturated rings. The van der Waals surface area contributed by atoms with Gasteiger partial charge in [-0.15, -0.1) is 0 Å². The van der Waals surface area contributed by atoms with Crippen molar-refractivity contribution >= 4 is 15.9 Å². The zero-order valence-electron chi connectivity index (χ0n) is 18.7. The zero-order chi connectivity index (χ0) is 24.4. The second-order valence-corrected chi connectivity index (χ2v) is 10.4. The average Bonchev–Trinajstić information content (AvgIpc) is 3.09. The third kappa shape index (κ3) is 5.94. The number of aliphatic hydroxyl groups is 1. The number of hydrogen-bond donors (Lipinski definition) is 2. The number of halogens is 2. The highest BCUT2D eigenvalue weighted by atomic mass is 32.2. The van der Waals surface area contributed by atoms with E-state index in [-0.39, 0.29) is 24.1 Å². The Morgan fingerprint density at radius 3 is 2.58 bits per heavy atom. The van der Waals surface area contributed by atoms with Gasteiger partial charge in [-0.1, -0.05) is 30.3 Å². The van der Waals surface area contributed by atoms with Gasteiger partial charge in [0.05, 0.1) is 6.04 Å². The van der Waals surface area contributed by atoms with Crippen LogP contribution in [0.25, 0.3) is 11.1 Å².